The fraction of sp³-hybridized carbons (Fsp3) is 0.962. The summed E-state index contributed by atoms with van der Waals surface area (Å²) in [6, 6.07) is 0. The molecule has 4 saturated heterocycles. The Morgan fingerprint density at radius 1 is 0.622 bits per heavy atom. The molecule has 21 heteroatoms. The van der Waals surface area contributed by atoms with E-state index in [9.17, 15) is 66.4 Å². The molecule has 9 rings (SSSR count). The maximum absolute atomic E-state index is 11.8. The highest BCUT2D eigenvalue weighted by atomic mass is 16.7. The first-order chi connectivity index (χ1) is 34.8. The lowest BCUT2D eigenvalue weighted by atomic mass is 9.41. The largest absolute Gasteiger partial charge is 0.394 e. The van der Waals surface area contributed by atoms with E-state index in [-0.39, 0.29) is 58.9 Å². The summed E-state index contributed by atoms with van der Waals surface area (Å²) in [7, 11) is 0. The molecule has 4 aliphatic heterocycles. The summed E-state index contributed by atoms with van der Waals surface area (Å²) in [5.74, 6) is 1.25. The van der Waals surface area contributed by atoms with Crippen molar-refractivity contribution in [3.05, 3.63) is 11.6 Å². The lowest BCUT2D eigenvalue weighted by Crippen LogP contribution is -2.64. The first-order valence-electron chi connectivity index (χ1n) is 27.3. The van der Waals surface area contributed by atoms with E-state index in [1.807, 2.05) is 13.0 Å². The van der Waals surface area contributed by atoms with Gasteiger partial charge in [-0.2, -0.15) is 0 Å². The average molecular weight is 1060 g/mol. The molecule has 13 N–H and O–H groups in total. The Hall–Kier alpha value is -1.10. The summed E-state index contributed by atoms with van der Waals surface area (Å²) in [5.41, 5.74) is 1.01. The second kappa shape index (κ2) is 21.4. The van der Waals surface area contributed by atoms with Gasteiger partial charge in [0.2, 0.25) is 0 Å². The molecule has 5 aliphatic carbocycles. The zero-order chi connectivity index (χ0) is 53.8. The minimum absolute atomic E-state index is 0.00873. The Balaban J connectivity index is 0.778. The van der Waals surface area contributed by atoms with Crippen LogP contribution in [-0.2, 0) is 37.9 Å². The van der Waals surface area contributed by atoms with E-state index in [1.54, 1.807) is 6.92 Å². The molecule has 4 heterocycles. The SMILES string of the molecule is C/C(=C/C[C@H](O)[C@@H](C)[C@H]1CC[C@@]2(C)[C@@H]3CC[C@@H]4C(C)(C)[C@@H](O[C@@H]5O[C@@H](C)[C@H](O[C@@H]6O[C@H](CO)[C@@H](O)[C@H](O)[C@H]6O)[C@H](O)[C@H]5O)CC[C@@]45C[C@@]35CC[C@]12C)CO[C@@H]1O[C@H](CO[C@@H]2OC[C@H](O)[C@H](O)[C@H]2O)[C@@H](O)[C@H](O)[C@H]1O. The van der Waals surface area contributed by atoms with E-state index in [1.165, 1.54) is 6.42 Å². The van der Waals surface area contributed by atoms with Gasteiger partial charge in [-0.3, -0.25) is 0 Å². The van der Waals surface area contributed by atoms with E-state index in [4.69, 9.17) is 37.9 Å². The van der Waals surface area contributed by atoms with Crippen LogP contribution >= 0.6 is 0 Å². The zero-order valence-corrected chi connectivity index (χ0v) is 44.0. The van der Waals surface area contributed by atoms with Crippen molar-refractivity contribution in [1.82, 2.24) is 0 Å². The number of rotatable bonds is 15. The Kier molecular flexibility index (Phi) is 16.7. The fourth-order valence-corrected chi connectivity index (χ4v) is 16.6. The highest BCUT2D eigenvalue weighted by Crippen LogP contribution is 2.89. The van der Waals surface area contributed by atoms with Crippen LogP contribution in [0.4, 0.5) is 0 Å². The molecule has 9 aliphatic rings. The Morgan fingerprint density at radius 2 is 1.23 bits per heavy atom. The predicted octanol–water partition coefficient (Wildman–Crippen LogP) is -0.924. The molecule has 0 radical (unpaired) electrons. The molecule has 0 unspecified atom stereocenters. The minimum atomic E-state index is -1.68. The Bertz CT molecular complexity index is 1960. The van der Waals surface area contributed by atoms with Crippen LogP contribution in [0.3, 0.4) is 0 Å². The van der Waals surface area contributed by atoms with Gasteiger partial charge in [-0.25, -0.2) is 0 Å². The van der Waals surface area contributed by atoms with Gasteiger partial charge in [0.25, 0.3) is 0 Å². The molecule has 0 aromatic carbocycles. The van der Waals surface area contributed by atoms with E-state index < -0.39 is 129 Å². The summed E-state index contributed by atoms with van der Waals surface area (Å²) >= 11 is 0. The molecule has 0 aromatic heterocycles. The smallest absolute Gasteiger partial charge is 0.187 e. The molecule has 0 bridgehead atoms. The normalized spacial score (nSPS) is 54.1. The van der Waals surface area contributed by atoms with Gasteiger partial charge >= 0.3 is 0 Å². The molecule has 21 nitrogen and oxygen atoms in total. The second-order valence-corrected chi connectivity index (χ2v) is 25.2. The van der Waals surface area contributed by atoms with Gasteiger partial charge in [-0.05, 0) is 129 Å². The number of aliphatic hydroxyl groups is 13. The monoisotopic (exact) mass is 1060 g/mol. The molecule has 0 aromatic rings. The van der Waals surface area contributed by atoms with E-state index in [0.29, 0.717) is 24.2 Å². The van der Waals surface area contributed by atoms with Crippen molar-refractivity contribution in [2.75, 3.05) is 26.4 Å². The second-order valence-electron chi connectivity index (χ2n) is 25.2. The van der Waals surface area contributed by atoms with Crippen molar-refractivity contribution in [2.45, 2.75) is 242 Å². The van der Waals surface area contributed by atoms with Crippen LogP contribution in [0.1, 0.15) is 113 Å². The van der Waals surface area contributed by atoms with Gasteiger partial charge in [-0.1, -0.05) is 46.3 Å². The average Bonchev–Trinajstić information content (AvgIpc) is 3.95. The molecule has 426 valence electrons. The summed E-state index contributed by atoms with van der Waals surface area (Å²) in [6.07, 6.45) is -15.9. The first-order valence-corrected chi connectivity index (χ1v) is 27.3. The molecular formula is C53H88O21. The third-order valence-electron chi connectivity index (χ3n) is 21.3. The first kappa shape index (κ1) is 57.6. The van der Waals surface area contributed by atoms with Crippen LogP contribution in [0.15, 0.2) is 11.6 Å². The third kappa shape index (κ3) is 9.51. The van der Waals surface area contributed by atoms with Crippen molar-refractivity contribution in [1.29, 1.82) is 0 Å². The predicted molar refractivity (Wildman–Crippen MR) is 257 cm³/mol. The van der Waals surface area contributed by atoms with Crippen LogP contribution in [-0.4, -0.2) is 222 Å². The van der Waals surface area contributed by atoms with Gasteiger partial charge < -0.3 is 104 Å². The van der Waals surface area contributed by atoms with Crippen molar-refractivity contribution in [3.8, 4) is 0 Å². The van der Waals surface area contributed by atoms with Crippen LogP contribution in [0.5, 0.6) is 0 Å². The van der Waals surface area contributed by atoms with Gasteiger partial charge in [0.15, 0.2) is 25.2 Å². The van der Waals surface area contributed by atoms with Gasteiger partial charge in [0.05, 0.1) is 44.7 Å². The van der Waals surface area contributed by atoms with Crippen molar-refractivity contribution < 1.29 is 104 Å². The minimum Gasteiger partial charge on any atom is -0.394 e. The van der Waals surface area contributed by atoms with Crippen LogP contribution in [0.25, 0.3) is 0 Å². The summed E-state index contributed by atoms with van der Waals surface area (Å²) in [4.78, 5) is 0. The molecule has 0 amide bonds. The fourth-order valence-electron chi connectivity index (χ4n) is 16.6. The summed E-state index contributed by atoms with van der Waals surface area (Å²) in [6.45, 7) is 13.9. The van der Waals surface area contributed by atoms with Crippen LogP contribution < -0.4 is 0 Å². The summed E-state index contributed by atoms with van der Waals surface area (Å²) < 4.78 is 46.7. The third-order valence-corrected chi connectivity index (χ3v) is 21.3. The number of hydrogen-bond acceptors (Lipinski definition) is 21. The van der Waals surface area contributed by atoms with Crippen LogP contribution in [0, 0.1) is 50.7 Å². The van der Waals surface area contributed by atoms with E-state index in [0.717, 1.165) is 56.9 Å². The molecule has 74 heavy (non-hydrogen) atoms. The molecular weight excluding hydrogens is 973 g/mol. The standard InChI is InChI=1S/C53H88O21/c1-23(19-67-46-41(64)38(61)36(59)30(72-46)21-69-45-40(63)34(57)28(56)20-68-45)8-9-27(55)24(2)26-12-14-51(7)32-11-10-31-49(4,5)33(13-15-52(31)22-53(32,52)17-16-50(26,51)6)73-47-43(66)39(62)44(25(3)70-47)74-48-42(65)37(60)35(58)29(18-54)71-48/h8,24-48,54-66H,9-22H2,1-7H3/b23-8-/t24-,25-,26+,27-,28-,29+,30+,31+,32-,33-,34-,35+,36+,37-,38-,39+,40+,41+,42+,43+,44-,45-,46+,47-,48-,50+,51-,52+,53-/m0/s1. The van der Waals surface area contributed by atoms with E-state index >= 15 is 0 Å². The molecule has 9 fully saturated rings. The Morgan fingerprint density at radius 3 is 1.93 bits per heavy atom. The van der Waals surface area contributed by atoms with Crippen LogP contribution in [0.2, 0.25) is 0 Å². The van der Waals surface area contributed by atoms with Crippen molar-refractivity contribution >= 4 is 0 Å². The molecule has 29 atom stereocenters. The summed E-state index contributed by atoms with van der Waals surface area (Å²) in [5, 5.41) is 137. The number of ether oxygens (including phenoxy) is 8. The lowest BCUT2D eigenvalue weighted by molar-refractivity contribution is -0.363. The highest BCUT2D eigenvalue weighted by Gasteiger charge is 2.82. The van der Waals surface area contributed by atoms with Gasteiger partial charge in [-0.15, -0.1) is 0 Å². The zero-order valence-electron chi connectivity index (χ0n) is 44.0. The number of aliphatic hydroxyl groups excluding tert-OH is 13. The van der Waals surface area contributed by atoms with Gasteiger partial charge in [0, 0.05) is 0 Å². The molecule has 2 spiro atoms. The number of fused-ring (bicyclic) bond motifs is 2. The molecule has 5 saturated carbocycles. The van der Waals surface area contributed by atoms with Crippen molar-refractivity contribution in [2.24, 2.45) is 50.7 Å². The van der Waals surface area contributed by atoms with Gasteiger partial charge in [0.1, 0.15) is 85.5 Å². The van der Waals surface area contributed by atoms with Crippen molar-refractivity contribution in [3.63, 3.8) is 0 Å². The number of hydrogen-bond donors (Lipinski definition) is 13. The Labute approximate surface area is 433 Å². The quantitative estimate of drug-likeness (QED) is 0.0696. The lowest BCUT2D eigenvalue weighted by Gasteiger charge is -2.63. The highest BCUT2D eigenvalue weighted by molar-refractivity contribution is 5.31. The van der Waals surface area contributed by atoms with E-state index in [2.05, 4.69) is 34.6 Å². The maximum Gasteiger partial charge on any atom is 0.187 e. The maximum atomic E-state index is 11.8. The topological polar surface area (TPSA) is 337 Å².